The quantitative estimate of drug-likeness (QED) is 0.658. The lowest BCUT2D eigenvalue weighted by Crippen LogP contribution is -2.04. The first-order valence-corrected chi connectivity index (χ1v) is 6.96. The minimum atomic E-state index is -0.881. The number of nitro benzene ring substituents is 1. The summed E-state index contributed by atoms with van der Waals surface area (Å²) in [5, 5.41) is 21.0. The molecule has 1 N–H and O–H groups in total. The maximum Gasteiger partial charge on any atom is 0.312 e. The summed E-state index contributed by atoms with van der Waals surface area (Å²) in [7, 11) is 0. The number of halogens is 1. The van der Waals surface area contributed by atoms with Crippen molar-refractivity contribution in [1.82, 2.24) is 4.98 Å². The summed E-state index contributed by atoms with van der Waals surface area (Å²) < 4.78 is 6.10. The van der Waals surface area contributed by atoms with Crippen LogP contribution in [-0.4, -0.2) is 15.0 Å². The van der Waals surface area contributed by atoms with Gasteiger partial charge in [0, 0.05) is 28.5 Å². The third-order valence-corrected chi connectivity index (χ3v) is 3.30. The fourth-order valence-electron chi connectivity index (χ4n) is 1.84. The Balaban J connectivity index is 2.38. The van der Waals surface area contributed by atoms with Gasteiger partial charge in [-0.3, -0.25) is 15.1 Å². The van der Waals surface area contributed by atoms with E-state index in [0.717, 1.165) is 5.56 Å². The van der Waals surface area contributed by atoms with Crippen LogP contribution in [-0.2, 0) is 6.61 Å². The number of hydrogen-bond donors (Lipinski definition) is 1. The van der Waals surface area contributed by atoms with Crippen molar-refractivity contribution in [3.05, 3.63) is 62.4 Å². The second-order valence-corrected chi connectivity index (χ2v) is 5.34. The first-order chi connectivity index (χ1) is 9.99. The Morgan fingerprint density at radius 1 is 1.43 bits per heavy atom. The Morgan fingerprint density at radius 2 is 2.10 bits per heavy atom. The fourth-order valence-corrected chi connectivity index (χ4v) is 2.30. The molecule has 1 atom stereocenters. The van der Waals surface area contributed by atoms with Crippen LogP contribution in [0.4, 0.5) is 5.69 Å². The van der Waals surface area contributed by atoms with Crippen LogP contribution < -0.4 is 4.74 Å². The zero-order chi connectivity index (χ0) is 15.4. The highest BCUT2D eigenvalue weighted by atomic mass is 79.9. The molecule has 0 saturated heterocycles. The number of aliphatic hydroxyl groups is 1. The van der Waals surface area contributed by atoms with Gasteiger partial charge in [-0.05, 0) is 30.7 Å². The monoisotopic (exact) mass is 352 g/mol. The third-order valence-electron chi connectivity index (χ3n) is 2.84. The molecule has 0 bridgehead atoms. The average Bonchev–Trinajstić information content (AvgIpc) is 2.46. The van der Waals surface area contributed by atoms with Crippen molar-refractivity contribution >= 4 is 21.6 Å². The van der Waals surface area contributed by atoms with Gasteiger partial charge in [0.05, 0.1) is 11.0 Å². The van der Waals surface area contributed by atoms with Crippen molar-refractivity contribution in [2.45, 2.75) is 19.6 Å². The van der Waals surface area contributed by atoms with E-state index >= 15 is 0 Å². The molecule has 0 spiro atoms. The van der Waals surface area contributed by atoms with Gasteiger partial charge in [-0.15, -0.1) is 0 Å². The minimum absolute atomic E-state index is 0.0787. The predicted molar refractivity (Wildman–Crippen MR) is 80.0 cm³/mol. The number of benzene rings is 1. The lowest BCUT2D eigenvalue weighted by atomic mass is 10.1. The van der Waals surface area contributed by atoms with E-state index in [-0.39, 0.29) is 18.0 Å². The standard InChI is InChI=1S/C14H13BrN2O4/c1-9(18)12-6-11(15)7-13(17(19)20)14(12)21-8-10-2-4-16-5-3-10/h2-7,9,18H,8H2,1H3. The molecule has 6 nitrogen and oxygen atoms in total. The highest BCUT2D eigenvalue weighted by Crippen LogP contribution is 2.38. The van der Waals surface area contributed by atoms with Gasteiger partial charge < -0.3 is 9.84 Å². The van der Waals surface area contributed by atoms with Gasteiger partial charge in [-0.2, -0.15) is 0 Å². The van der Waals surface area contributed by atoms with Crippen LogP contribution in [0, 0.1) is 10.1 Å². The minimum Gasteiger partial charge on any atom is -0.482 e. The van der Waals surface area contributed by atoms with Crippen molar-refractivity contribution < 1.29 is 14.8 Å². The van der Waals surface area contributed by atoms with Crippen LogP contribution in [0.15, 0.2) is 41.1 Å². The maximum absolute atomic E-state index is 11.2. The number of aliphatic hydroxyl groups excluding tert-OH is 1. The van der Waals surface area contributed by atoms with E-state index in [1.807, 2.05) is 0 Å². The van der Waals surface area contributed by atoms with E-state index in [0.29, 0.717) is 10.0 Å². The van der Waals surface area contributed by atoms with Crippen LogP contribution in [0.25, 0.3) is 0 Å². The first-order valence-electron chi connectivity index (χ1n) is 6.16. The molecule has 0 aliphatic heterocycles. The van der Waals surface area contributed by atoms with Crippen LogP contribution in [0.3, 0.4) is 0 Å². The molecular weight excluding hydrogens is 340 g/mol. The largest absolute Gasteiger partial charge is 0.482 e. The maximum atomic E-state index is 11.2. The van der Waals surface area contributed by atoms with Crippen LogP contribution in [0.2, 0.25) is 0 Å². The summed E-state index contributed by atoms with van der Waals surface area (Å²) in [6.07, 6.45) is 2.35. The van der Waals surface area contributed by atoms with E-state index in [1.54, 1.807) is 30.6 Å². The molecule has 21 heavy (non-hydrogen) atoms. The molecule has 110 valence electrons. The molecule has 7 heteroatoms. The van der Waals surface area contributed by atoms with Gasteiger partial charge >= 0.3 is 5.69 Å². The topological polar surface area (TPSA) is 85.5 Å². The van der Waals surface area contributed by atoms with Gasteiger partial charge in [0.2, 0.25) is 5.75 Å². The van der Waals surface area contributed by atoms with Crippen molar-refractivity contribution in [1.29, 1.82) is 0 Å². The zero-order valence-electron chi connectivity index (χ0n) is 11.2. The molecule has 1 unspecified atom stereocenters. The summed E-state index contributed by atoms with van der Waals surface area (Å²) in [6.45, 7) is 1.69. The highest BCUT2D eigenvalue weighted by Gasteiger charge is 2.23. The Hall–Kier alpha value is -1.99. The molecule has 0 aliphatic rings. The number of nitro groups is 1. The summed E-state index contributed by atoms with van der Waals surface area (Å²) in [6, 6.07) is 6.48. The normalized spacial score (nSPS) is 12.0. The highest BCUT2D eigenvalue weighted by molar-refractivity contribution is 9.10. The zero-order valence-corrected chi connectivity index (χ0v) is 12.8. The lowest BCUT2D eigenvalue weighted by Gasteiger charge is -2.14. The molecule has 2 rings (SSSR count). The Labute approximate surface area is 129 Å². The van der Waals surface area contributed by atoms with Crippen molar-refractivity contribution in [3.8, 4) is 5.75 Å². The second-order valence-electron chi connectivity index (χ2n) is 4.42. The number of rotatable bonds is 5. The van der Waals surface area contributed by atoms with Gasteiger partial charge in [0.15, 0.2) is 0 Å². The van der Waals surface area contributed by atoms with Crippen LogP contribution >= 0.6 is 15.9 Å². The molecule has 1 heterocycles. The van der Waals surface area contributed by atoms with Crippen LogP contribution in [0.1, 0.15) is 24.2 Å². The van der Waals surface area contributed by atoms with E-state index in [1.165, 1.54) is 13.0 Å². The van der Waals surface area contributed by atoms with E-state index in [2.05, 4.69) is 20.9 Å². The van der Waals surface area contributed by atoms with Crippen molar-refractivity contribution in [2.24, 2.45) is 0 Å². The lowest BCUT2D eigenvalue weighted by molar-refractivity contribution is -0.386. The molecule has 0 fully saturated rings. The van der Waals surface area contributed by atoms with Gasteiger partial charge in [0.1, 0.15) is 6.61 Å². The summed E-state index contributed by atoms with van der Waals surface area (Å²) in [5.41, 5.74) is 1.01. The second kappa shape index (κ2) is 6.64. The van der Waals surface area contributed by atoms with Gasteiger partial charge in [0.25, 0.3) is 0 Å². The van der Waals surface area contributed by atoms with E-state index < -0.39 is 11.0 Å². The van der Waals surface area contributed by atoms with Crippen molar-refractivity contribution in [3.63, 3.8) is 0 Å². The third kappa shape index (κ3) is 3.77. The molecule has 1 aromatic carbocycles. The Kier molecular flexibility index (Phi) is 4.87. The SMILES string of the molecule is CC(O)c1cc(Br)cc([N+](=O)[O-])c1OCc1ccncc1. The number of nitrogens with zero attached hydrogens (tertiary/aromatic N) is 2. The molecule has 0 saturated carbocycles. The first kappa shape index (κ1) is 15.4. The smallest absolute Gasteiger partial charge is 0.312 e. The average molecular weight is 353 g/mol. The molecular formula is C14H13BrN2O4. The number of ether oxygens (including phenoxy) is 1. The van der Waals surface area contributed by atoms with E-state index in [9.17, 15) is 15.2 Å². The molecule has 0 aliphatic carbocycles. The Morgan fingerprint density at radius 3 is 2.67 bits per heavy atom. The fraction of sp³-hybridized carbons (Fsp3) is 0.214. The number of hydrogen-bond acceptors (Lipinski definition) is 5. The molecule has 0 amide bonds. The summed E-state index contributed by atoms with van der Waals surface area (Å²) in [4.78, 5) is 14.5. The van der Waals surface area contributed by atoms with Gasteiger partial charge in [-0.1, -0.05) is 15.9 Å². The predicted octanol–water partition coefficient (Wildman–Crippen LogP) is 3.38. The van der Waals surface area contributed by atoms with Gasteiger partial charge in [-0.25, -0.2) is 0 Å². The number of pyridine rings is 1. The molecule has 0 radical (unpaired) electrons. The summed E-state index contributed by atoms with van der Waals surface area (Å²) >= 11 is 3.20. The van der Waals surface area contributed by atoms with E-state index in [4.69, 9.17) is 4.74 Å². The molecule has 1 aromatic heterocycles. The van der Waals surface area contributed by atoms with Crippen LogP contribution in [0.5, 0.6) is 5.75 Å². The summed E-state index contributed by atoms with van der Waals surface area (Å²) in [5.74, 6) is 0.0787. The van der Waals surface area contributed by atoms with Crippen molar-refractivity contribution in [2.75, 3.05) is 0 Å². The molecule has 2 aromatic rings. The Bertz CT molecular complexity index is 647. The number of aromatic nitrogens is 1.